The van der Waals surface area contributed by atoms with Crippen LogP contribution in [0.5, 0.6) is 0 Å². The van der Waals surface area contributed by atoms with E-state index in [4.69, 9.17) is 4.42 Å². The van der Waals surface area contributed by atoms with Crippen LogP contribution in [-0.2, 0) is 16.4 Å². The van der Waals surface area contributed by atoms with Gasteiger partial charge in [-0.15, -0.1) is 0 Å². The van der Waals surface area contributed by atoms with Gasteiger partial charge in [-0.1, -0.05) is 18.2 Å². The van der Waals surface area contributed by atoms with Gasteiger partial charge in [0.2, 0.25) is 10.0 Å². The molecule has 5 rings (SSSR count). The van der Waals surface area contributed by atoms with Crippen molar-refractivity contribution in [3.8, 4) is 11.1 Å². The van der Waals surface area contributed by atoms with Crippen molar-refractivity contribution in [2.45, 2.75) is 64.7 Å². The van der Waals surface area contributed by atoms with Crippen LogP contribution in [0.2, 0.25) is 0 Å². The third-order valence-corrected chi connectivity index (χ3v) is 10.2. The first kappa shape index (κ1) is 28.5. The molecule has 4 aromatic rings. The van der Waals surface area contributed by atoms with E-state index in [1.807, 2.05) is 22.6 Å². The standard InChI is InChI=1S/C30H30FIN2O5S/c1-16-23(14-18-9-10-20(32)15-24(18)31)26-27(39-29(16)36)25(17(2)34(28(26)35)22-11-12-22)19-7-6-8-21(13-19)33-40(37,38)30(3,4)5/h6-10,13,15,22,33H,11-12,14H2,1-5H3. The molecule has 1 N–H and O–H groups in total. The first-order valence-corrected chi connectivity index (χ1v) is 15.5. The second-order valence-electron chi connectivity index (χ2n) is 11.3. The molecule has 0 saturated heterocycles. The van der Waals surface area contributed by atoms with Gasteiger partial charge in [0.1, 0.15) is 5.82 Å². The minimum Gasteiger partial charge on any atom is -0.422 e. The second kappa shape index (κ2) is 10.1. The molecule has 0 amide bonds. The molecule has 1 aliphatic rings. The molecular weight excluding hydrogens is 646 g/mol. The summed E-state index contributed by atoms with van der Waals surface area (Å²) in [7, 11) is -3.70. The smallest absolute Gasteiger partial charge is 0.339 e. The Hall–Kier alpha value is -2.99. The molecule has 0 aliphatic heterocycles. The normalized spacial score (nSPS) is 14.1. The predicted octanol–water partition coefficient (Wildman–Crippen LogP) is 6.45. The lowest BCUT2D eigenvalue weighted by molar-refractivity contribution is 0.549. The first-order valence-electron chi connectivity index (χ1n) is 13.0. The van der Waals surface area contributed by atoms with Crippen molar-refractivity contribution < 1.29 is 17.2 Å². The Labute approximate surface area is 245 Å². The van der Waals surface area contributed by atoms with E-state index in [1.54, 1.807) is 75.6 Å². The van der Waals surface area contributed by atoms with Crippen LogP contribution in [0.1, 0.15) is 62.0 Å². The Morgan fingerprint density at radius 3 is 2.42 bits per heavy atom. The Bertz CT molecular complexity index is 1900. The molecular formula is C30H30FIN2O5S. The summed E-state index contributed by atoms with van der Waals surface area (Å²) >= 11 is 2.03. The number of benzene rings is 2. The van der Waals surface area contributed by atoms with Crippen molar-refractivity contribution >= 4 is 49.3 Å². The van der Waals surface area contributed by atoms with Crippen molar-refractivity contribution in [2.24, 2.45) is 0 Å². The summed E-state index contributed by atoms with van der Waals surface area (Å²) in [6, 6.07) is 11.7. The number of nitrogens with zero attached hydrogens (tertiary/aromatic N) is 1. The highest BCUT2D eigenvalue weighted by Gasteiger charge is 2.32. The van der Waals surface area contributed by atoms with E-state index in [-0.39, 0.29) is 34.6 Å². The molecule has 0 atom stereocenters. The van der Waals surface area contributed by atoms with Gasteiger partial charge < -0.3 is 8.98 Å². The molecule has 0 spiro atoms. The van der Waals surface area contributed by atoms with Crippen LogP contribution in [0.4, 0.5) is 10.1 Å². The molecule has 1 aliphatic carbocycles. The van der Waals surface area contributed by atoms with E-state index in [1.165, 1.54) is 6.07 Å². The van der Waals surface area contributed by atoms with Gasteiger partial charge >= 0.3 is 5.63 Å². The van der Waals surface area contributed by atoms with Gasteiger partial charge in [-0.05, 0) is 111 Å². The van der Waals surface area contributed by atoms with Crippen LogP contribution in [0, 0.1) is 23.2 Å². The number of anilines is 1. The summed E-state index contributed by atoms with van der Waals surface area (Å²) in [5.41, 5.74) is 2.36. The Balaban J connectivity index is 1.80. The van der Waals surface area contributed by atoms with Crippen LogP contribution in [-0.4, -0.2) is 17.7 Å². The molecule has 2 heterocycles. The molecule has 40 heavy (non-hydrogen) atoms. The average Bonchev–Trinajstić information content (AvgIpc) is 3.68. The average molecular weight is 677 g/mol. The van der Waals surface area contributed by atoms with Crippen LogP contribution in [0.25, 0.3) is 22.1 Å². The number of hydrogen-bond acceptors (Lipinski definition) is 5. The van der Waals surface area contributed by atoms with Crippen molar-refractivity contribution in [3.63, 3.8) is 0 Å². The van der Waals surface area contributed by atoms with E-state index in [9.17, 15) is 22.4 Å². The van der Waals surface area contributed by atoms with E-state index in [0.29, 0.717) is 33.6 Å². The highest BCUT2D eigenvalue weighted by Crippen LogP contribution is 2.40. The zero-order chi connectivity index (χ0) is 29.1. The molecule has 10 heteroatoms. The Morgan fingerprint density at radius 2 is 1.80 bits per heavy atom. The fourth-order valence-electron chi connectivity index (χ4n) is 4.86. The molecule has 1 saturated carbocycles. The van der Waals surface area contributed by atoms with E-state index in [0.717, 1.165) is 16.4 Å². The zero-order valence-electron chi connectivity index (χ0n) is 22.9. The van der Waals surface area contributed by atoms with Gasteiger partial charge in [0, 0.05) is 38.5 Å². The number of rotatable bonds is 6. The molecule has 1 fully saturated rings. The van der Waals surface area contributed by atoms with Crippen molar-refractivity contribution in [1.29, 1.82) is 0 Å². The van der Waals surface area contributed by atoms with Gasteiger partial charge in [-0.3, -0.25) is 9.52 Å². The number of sulfonamides is 1. The number of hydrogen-bond donors (Lipinski definition) is 1. The van der Waals surface area contributed by atoms with Crippen LogP contribution >= 0.6 is 22.6 Å². The lowest BCUT2D eigenvalue weighted by atomic mass is 9.94. The van der Waals surface area contributed by atoms with Crippen molar-refractivity contribution in [2.75, 3.05) is 4.72 Å². The molecule has 0 radical (unpaired) electrons. The Morgan fingerprint density at radius 1 is 1.10 bits per heavy atom. The summed E-state index contributed by atoms with van der Waals surface area (Å²) in [6.07, 6.45) is 1.73. The number of fused-ring (bicyclic) bond motifs is 1. The number of aromatic nitrogens is 1. The van der Waals surface area contributed by atoms with E-state index < -0.39 is 26.2 Å². The van der Waals surface area contributed by atoms with Gasteiger partial charge in [-0.2, -0.15) is 0 Å². The fourth-order valence-corrected chi connectivity index (χ4v) is 6.06. The minimum absolute atomic E-state index is 0.00773. The maximum absolute atomic E-state index is 14.9. The topological polar surface area (TPSA) is 98.4 Å². The second-order valence-corrected chi connectivity index (χ2v) is 15.0. The lowest BCUT2D eigenvalue weighted by Crippen LogP contribution is -2.33. The summed E-state index contributed by atoms with van der Waals surface area (Å²) in [5.74, 6) is -0.415. The van der Waals surface area contributed by atoms with Gasteiger partial charge in [0.25, 0.3) is 5.56 Å². The van der Waals surface area contributed by atoms with Crippen LogP contribution in [0.3, 0.4) is 0 Å². The van der Waals surface area contributed by atoms with E-state index in [2.05, 4.69) is 4.72 Å². The largest absolute Gasteiger partial charge is 0.422 e. The van der Waals surface area contributed by atoms with Crippen molar-refractivity contribution in [1.82, 2.24) is 4.57 Å². The quantitative estimate of drug-likeness (QED) is 0.237. The number of pyridine rings is 1. The maximum atomic E-state index is 14.9. The number of halogens is 2. The molecule has 0 bridgehead atoms. The van der Waals surface area contributed by atoms with Crippen LogP contribution in [0.15, 0.2) is 56.5 Å². The SMILES string of the molecule is Cc1c(Cc2ccc(I)cc2F)c2c(=O)n(C3CC3)c(C)c(-c3cccc(NS(=O)(=O)C(C)(C)C)c3)c2oc1=O. The lowest BCUT2D eigenvalue weighted by Gasteiger charge is -2.21. The van der Waals surface area contributed by atoms with Crippen LogP contribution < -0.4 is 15.9 Å². The highest BCUT2D eigenvalue weighted by molar-refractivity contribution is 14.1. The molecule has 0 unspecified atom stereocenters. The number of nitrogens with one attached hydrogen (secondary N) is 1. The molecule has 2 aromatic heterocycles. The molecule has 2 aromatic carbocycles. The molecule has 7 nitrogen and oxygen atoms in total. The fraction of sp³-hybridized carbons (Fsp3) is 0.333. The van der Waals surface area contributed by atoms with Crippen molar-refractivity contribution in [3.05, 3.63) is 95.0 Å². The third-order valence-electron chi connectivity index (χ3n) is 7.37. The van der Waals surface area contributed by atoms with E-state index >= 15 is 0 Å². The van der Waals surface area contributed by atoms with Gasteiger partial charge in [-0.25, -0.2) is 17.6 Å². The monoisotopic (exact) mass is 676 g/mol. The summed E-state index contributed by atoms with van der Waals surface area (Å²) in [5, 5.41) is 0.239. The molecule has 210 valence electrons. The highest BCUT2D eigenvalue weighted by atomic mass is 127. The predicted molar refractivity (Wildman–Crippen MR) is 164 cm³/mol. The van der Waals surface area contributed by atoms with Gasteiger partial charge in [0.15, 0.2) is 5.58 Å². The summed E-state index contributed by atoms with van der Waals surface area (Å²) in [6.45, 7) is 8.22. The zero-order valence-corrected chi connectivity index (χ0v) is 25.9. The summed E-state index contributed by atoms with van der Waals surface area (Å²) < 4.78 is 50.5. The Kier molecular flexibility index (Phi) is 7.23. The summed E-state index contributed by atoms with van der Waals surface area (Å²) in [4.78, 5) is 27.1. The first-order chi connectivity index (χ1) is 18.7. The minimum atomic E-state index is -3.70. The maximum Gasteiger partial charge on any atom is 0.339 e. The third kappa shape index (κ3) is 5.11. The van der Waals surface area contributed by atoms with Gasteiger partial charge in [0.05, 0.1) is 10.1 Å².